The maximum atomic E-state index is 13.6. The highest BCUT2D eigenvalue weighted by atomic mass is 16.5. The first-order chi connectivity index (χ1) is 19.4. The number of hydrazone groups is 1. The summed E-state index contributed by atoms with van der Waals surface area (Å²) in [6, 6.07) is 15.3. The Hall–Kier alpha value is -5.25. The van der Waals surface area contributed by atoms with E-state index < -0.39 is 0 Å². The van der Waals surface area contributed by atoms with Gasteiger partial charge in [0.05, 0.1) is 26.0 Å². The quantitative estimate of drug-likeness (QED) is 0.252. The maximum absolute atomic E-state index is 13.6. The summed E-state index contributed by atoms with van der Waals surface area (Å²) in [5.41, 5.74) is 17.4. The van der Waals surface area contributed by atoms with Crippen LogP contribution in [0.4, 0.5) is 11.8 Å². The SMILES string of the molecule is COc1cc(Cc2cnc(N)nc2N)cc(C(=O)/C=C/N2N=Cc3ccccc3[C@H]2c2ccc(C)nc2)c1OC. The number of nitrogen functional groups attached to an aromatic ring is 2. The van der Waals surface area contributed by atoms with Gasteiger partial charge >= 0.3 is 0 Å². The minimum atomic E-state index is -0.284. The van der Waals surface area contributed by atoms with Gasteiger partial charge in [0.25, 0.3) is 0 Å². The highest BCUT2D eigenvalue weighted by molar-refractivity contribution is 6.07. The van der Waals surface area contributed by atoms with Crippen molar-refractivity contribution in [2.75, 3.05) is 25.7 Å². The summed E-state index contributed by atoms with van der Waals surface area (Å²) in [5, 5.41) is 6.39. The van der Waals surface area contributed by atoms with E-state index in [1.807, 2.05) is 43.5 Å². The Balaban J connectivity index is 1.49. The number of hydrogen-bond donors (Lipinski definition) is 2. The fraction of sp³-hybridized carbons (Fsp3) is 0.167. The number of carbonyl (C=O) groups excluding carboxylic acids is 1. The third kappa shape index (κ3) is 5.32. The van der Waals surface area contributed by atoms with E-state index in [1.165, 1.54) is 20.3 Å². The van der Waals surface area contributed by atoms with Gasteiger partial charge in [-0.3, -0.25) is 14.8 Å². The first kappa shape index (κ1) is 26.4. The zero-order valence-electron chi connectivity index (χ0n) is 22.4. The summed E-state index contributed by atoms with van der Waals surface area (Å²) < 4.78 is 11.1. The zero-order valence-corrected chi connectivity index (χ0v) is 22.4. The molecule has 202 valence electrons. The number of allylic oxidation sites excluding steroid dienone is 1. The van der Waals surface area contributed by atoms with Crippen LogP contribution in [0.3, 0.4) is 0 Å². The molecule has 0 aliphatic carbocycles. The molecule has 0 radical (unpaired) electrons. The molecule has 0 fully saturated rings. The fourth-order valence-corrected chi connectivity index (χ4v) is 4.64. The van der Waals surface area contributed by atoms with Crippen molar-refractivity contribution in [3.05, 3.63) is 112 Å². The predicted octanol–water partition coefficient (Wildman–Crippen LogP) is 4.09. The normalized spacial score (nSPS) is 14.3. The molecule has 40 heavy (non-hydrogen) atoms. The van der Waals surface area contributed by atoms with E-state index in [2.05, 4.69) is 26.1 Å². The van der Waals surface area contributed by atoms with Crippen molar-refractivity contribution < 1.29 is 14.3 Å². The fourth-order valence-electron chi connectivity index (χ4n) is 4.64. The largest absolute Gasteiger partial charge is 0.493 e. The van der Waals surface area contributed by atoms with Crippen LogP contribution in [0.2, 0.25) is 0 Å². The Bertz CT molecular complexity index is 1620. The lowest BCUT2D eigenvalue weighted by Crippen LogP contribution is -2.25. The van der Waals surface area contributed by atoms with Gasteiger partial charge in [0, 0.05) is 47.9 Å². The van der Waals surface area contributed by atoms with Crippen molar-refractivity contribution in [3.8, 4) is 11.5 Å². The molecule has 3 heterocycles. The van der Waals surface area contributed by atoms with Gasteiger partial charge in [-0.15, -0.1) is 0 Å². The molecular weight excluding hydrogens is 506 g/mol. The van der Waals surface area contributed by atoms with Crippen molar-refractivity contribution >= 4 is 23.8 Å². The lowest BCUT2D eigenvalue weighted by Gasteiger charge is -2.31. The van der Waals surface area contributed by atoms with Gasteiger partial charge in [0.1, 0.15) is 11.9 Å². The average Bonchev–Trinajstić information content (AvgIpc) is 2.97. The third-order valence-electron chi connectivity index (χ3n) is 6.63. The Morgan fingerprint density at radius 2 is 1.88 bits per heavy atom. The molecule has 0 bridgehead atoms. The molecule has 0 amide bonds. The molecule has 4 N–H and O–H groups in total. The maximum Gasteiger partial charge on any atom is 0.221 e. The van der Waals surface area contributed by atoms with Crippen molar-refractivity contribution in [1.29, 1.82) is 0 Å². The number of hydrogen-bond acceptors (Lipinski definition) is 10. The number of nitrogens with zero attached hydrogens (tertiary/aromatic N) is 5. The van der Waals surface area contributed by atoms with E-state index in [9.17, 15) is 4.79 Å². The molecule has 0 saturated heterocycles. The van der Waals surface area contributed by atoms with Gasteiger partial charge in [-0.25, -0.2) is 4.98 Å². The van der Waals surface area contributed by atoms with Crippen LogP contribution in [0.1, 0.15) is 49.9 Å². The summed E-state index contributed by atoms with van der Waals surface area (Å²) >= 11 is 0. The standard InChI is InChI=1S/C30H29N7O3/c1-18-8-9-21(15-33-18)27-23-7-5-4-6-20(23)17-35-37(27)11-10-25(38)24-13-19(14-26(39-2)28(24)40-3)12-22-16-34-30(32)36-29(22)31/h4-11,13-17,27H,12H2,1-3H3,(H4,31,32,34,36)/b11-10+/t27-/m1/s1. The monoisotopic (exact) mass is 535 g/mol. The molecule has 0 unspecified atom stereocenters. The number of anilines is 2. The Morgan fingerprint density at radius 1 is 1.05 bits per heavy atom. The molecule has 2 aromatic heterocycles. The van der Waals surface area contributed by atoms with Crippen molar-refractivity contribution in [2.45, 2.75) is 19.4 Å². The molecular formula is C30H29N7O3. The Labute approximate surface area is 232 Å². The van der Waals surface area contributed by atoms with E-state index in [0.29, 0.717) is 29.0 Å². The second-order valence-electron chi connectivity index (χ2n) is 9.26. The van der Waals surface area contributed by atoms with E-state index in [4.69, 9.17) is 20.9 Å². The predicted molar refractivity (Wildman–Crippen MR) is 153 cm³/mol. The number of aromatic nitrogens is 3. The molecule has 4 aromatic rings. The van der Waals surface area contributed by atoms with Gasteiger partial charge in [-0.05, 0) is 41.8 Å². The second kappa shape index (κ2) is 11.2. The number of ether oxygens (including phenoxy) is 2. The van der Waals surface area contributed by atoms with Crippen molar-refractivity contribution in [1.82, 2.24) is 20.0 Å². The third-order valence-corrected chi connectivity index (χ3v) is 6.63. The van der Waals surface area contributed by atoms with Crippen LogP contribution in [0.5, 0.6) is 11.5 Å². The van der Waals surface area contributed by atoms with E-state index in [-0.39, 0.29) is 23.6 Å². The molecule has 10 heteroatoms. The smallest absolute Gasteiger partial charge is 0.221 e. The molecule has 0 spiro atoms. The minimum absolute atomic E-state index is 0.0947. The Kier molecular flexibility index (Phi) is 7.41. The van der Waals surface area contributed by atoms with E-state index in [1.54, 1.807) is 35.8 Å². The summed E-state index contributed by atoms with van der Waals surface area (Å²) in [6.07, 6.45) is 8.70. The van der Waals surface area contributed by atoms with Crippen molar-refractivity contribution in [3.63, 3.8) is 0 Å². The summed E-state index contributed by atoms with van der Waals surface area (Å²) in [7, 11) is 3.02. The lowest BCUT2D eigenvalue weighted by molar-refractivity contribution is 0.104. The number of rotatable bonds is 8. The summed E-state index contributed by atoms with van der Waals surface area (Å²) in [4.78, 5) is 26.1. The zero-order chi connectivity index (χ0) is 28.2. The Morgan fingerprint density at radius 3 is 2.60 bits per heavy atom. The highest BCUT2D eigenvalue weighted by Crippen LogP contribution is 2.36. The van der Waals surface area contributed by atoms with Gasteiger partial charge in [0.15, 0.2) is 17.3 Å². The molecule has 1 aliphatic heterocycles. The number of aryl methyl sites for hydroxylation is 1. The van der Waals surface area contributed by atoms with Crippen LogP contribution < -0.4 is 20.9 Å². The van der Waals surface area contributed by atoms with Crippen LogP contribution in [-0.4, -0.2) is 46.2 Å². The van der Waals surface area contributed by atoms with Gasteiger partial charge < -0.3 is 20.9 Å². The molecule has 0 saturated carbocycles. The van der Waals surface area contributed by atoms with Gasteiger partial charge in [-0.1, -0.05) is 30.3 Å². The minimum Gasteiger partial charge on any atom is -0.493 e. The van der Waals surface area contributed by atoms with Gasteiger partial charge in [-0.2, -0.15) is 10.1 Å². The summed E-state index contributed by atoms with van der Waals surface area (Å²) in [6.45, 7) is 1.94. The first-order valence-electron chi connectivity index (χ1n) is 12.6. The molecule has 2 aromatic carbocycles. The van der Waals surface area contributed by atoms with Crippen LogP contribution in [-0.2, 0) is 6.42 Å². The van der Waals surface area contributed by atoms with E-state index >= 15 is 0 Å². The lowest BCUT2D eigenvalue weighted by atomic mass is 9.94. The molecule has 10 nitrogen and oxygen atoms in total. The van der Waals surface area contributed by atoms with Crippen LogP contribution in [0, 0.1) is 6.92 Å². The first-order valence-corrected chi connectivity index (χ1v) is 12.6. The van der Waals surface area contributed by atoms with Crippen LogP contribution in [0.25, 0.3) is 0 Å². The van der Waals surface area contributed by atoms with Crippen molar-refractivity contribution in [2.24, 2.45) is 5.10 Å². The number of ketones is 1. The summed E-state index contributed by atoms with van der Waals surface area (Å²) in [5.74, 6) is 0.829. The second-order valence-corrected chi connectivity index (χ2v) is 9.26. The van der Waals surface area contributed by atoms with Crippen LogP contribution in [0.15, 0.2) is 78.3 Å². The van der Waals surface area contributed by atoms with E-state index in [0.717, 1.165) is 27.9 Å². The number of pyridine rings is 1. The number of nitrogens with two attached hydrogens (primary N) is 2. The molecule has 1 aliphatic rings. The highest BCUT2D eigenvalue weighted by Gasteiger charge is 2.26. The molecule has 5 rings (SSSR count). The number of fused-ring (bicyclic) bond motifs is 1. The number of methoxy groups -OCH3 is 2. The number of carbonyl (C=O) groups is 1. The topological polar surface area (TPSA) is 142 Å². The number of benzene rings is 2. The van der Waals surface area contributed by atoms with Crippen LogP contribution >= 0.6 is 0 Å². The average molecular weight is 536 g/mol. The van der Waals surface area contributed by atoms with Gasteiger partial charge in [0.2, 0.25) is 5.95 Å². The molecule has 1 atom stereocenters.